The molecule has 0 aliphatic heterocycles. The topological polar surface area (TPSA) is 28.4 Å². The molecule has 0 bridgehead atoms. The van der Waals surface area contributed by atoms with Crippen LogP contribution < -0.4 is 0 Å². The van der Waals surface area contributed by atoms with Gasteiger partial charge in [-0.05, 0) is 31.0 Å². The lowest BCUT2D eigenvalue weighted by Crippen LogP contribution is -2.37. The summed E-state index contributed by atoms with van der Waals surface area (Å²) in [4.78, 5) is 2.28. The van der Waals surface area contributed by atoms with Crippen LogP contribution in [0.1, 0.15) is 25.0 Å². The second-order valence-corrected chi connectivity index (χ2v) is 6.13. The molecule has 0 fully saturated rings. The fraction of sp³-hybridized carbons (Fsp3) is 0.412. The zero-order valence-electron chi connectivity index (χ0n) is 12.6. The van der Waals surface area contributed by atoms with E-state index >= 15 is 0 Å². The van der Waals surface area contributed by atoms with Crippen molar-refractivity contribution in [1.82, 2.24) is 9.47 Å². The Bertz CT molecular complexity index is 525. The first-order valence-electron chi connectivity index (χ1n) is 7.02. The predicted molar refractivity (Wildman–Crippen MR) is 82.3 cm³/mol. The summed E-state index contributed by atoms with van der Waals surface area (Å²) in [6.07, 6.45) is 4.18. The fourth-order valence-corrected chi connectivity index (χ4v) is 2.47. The summed E-state index contributed by atoms with van der Waals surface area (Å²) in [6, 6.07) is 12.5. The molecule has 2 aromatic rings. The molecule has 1 N–H and O–H groups in total. The highest BCUT2D eigenvalue weighted by atomic mass is 16.3. The van der Waals surface area contributed by atoms with E-state index in [4.69, 9.17) is 0 Å². The Kier molecular flexibility index (Phi) is 4.63. The highest BCUT2D eigenvalue weighted by molar-refractivity contribution is 5.15. The van der Waals surface area contributed by atoms with Crippen molar-refractivity contribution in [2.45, 2.75) is 32.5 Å². The average Bonchev–Trinajstić information content (AvgIpc) is 2.74. The monoisotopic (exact) mass is 272 g/mol. The second kappa shape index (κ2) is 6.25. The summed E-state index contributed by atoms with van der Waals surface area (Å²) in [6.45, 7) is 6.06. The maximum absolute atomic E-state index is 10.1. The van der Waals surface area contributed by atoms with Gasteiger partial charge in [0.15, 0.2) is 0 Å². The van der Waals surface area contributed by atoms with Crippen LogP contribution in [-0.4, -0.2) is 26.7 Å². The minimum Gasteiger partial charge on any atom is -0.389 e. The minimum absolute atomic E-state index is 0.650. The lowest BCUT2D eigenvalue weighted by Gasteiger charge is -2.29. The van der Waals surface area contributed by atoms with Crippen molar-refractivity contribution < 1.29 is 5.11 Å². The van der Waals surface area contributed by atoms with Crippen LogP contribution in [0.25, 0.3) is 0 Å². The largest absolute Gasteiger partial charge is 0.389 e. The number of nitrogens with zero attached hydrogens (tertiary/aromatic N) is 2. The number of benzene rings is 1. The third-order valence-corrected chi connectivity index (χ3v) is 3.16. The number of aliphatic hydroxyl groups is 1. The van der Waals surface area contributed by atoms with Crippen molar-refractivity contribution in [2.75, 3.05) is 6.54 Å². The van der Waals surface area contributed by atoms with Gasteiger partial charge in [-0.3, -0.25) is 4.90 Å². The Balaban J connectivity index is 2.08. The number of hydrogen-bond acceptors (Lipinski definition) is 2. The Morgan fingerprint density at radius 3 is 2.25 bits per heavy atom. The SMILES string of the molecule is Cn1ccc(CN(Cc2ccccc2)CC(C)(C)O)c1. The van der Waals surface area contributed by atoms with Crippen molar-refractivity contribution in [1.29, 1.82) is 0 Å². The van der Waals surface area contributed by atoms with Gasteiger partial charge in [0, 0.05) is 39.1 Å². The van der Waals surface area contributed by atoms with Crippen LogP contribution in [0.2, 0.25) is 0 Å². The molecule has 3 nitrogen and oxygen atoms in total. The number of hydrogen-bond donors (Lipinski definition) is 1. The number of aromatic nitrogens is 1. The lowest BCUT2D eigenvalue weighted by atomic mass is 10.1. The van der Waals surface area contributed by atoms with Crippen LogP contribution in [-0.2, 0) is 20.1 Å². The van der Waals surface area contributed by atoms with E-state index in [9.17, 15) is 5.11 Å². The van der Waals surface area contributed by atoms with Gasteiger partial charge >= 0.3 is 0 Å². The Hall–Kier alpha value is -1.58. The smallest absolute Gasteiger partial charge is 0.0718 e. The normalized spacial score (nSPS) is 12.1. The summed E-state index contributed by atoms with van der Waals surface area (Å²) in [7, 11) is 2.03. The molecule has 3 heteroatoms. The molecule has 0 aliphatic carbocycles. The van der Waals surface area contributed by atoms with E-state index in [2.05, 4.69) is 52.2 Å². The van der Waals surface area contributed by atoms with Gasteiger partial charge in [-0.1, -0.05) is 30.3 Å². The molecule has 0 saturated carbocycles. The van der Waals surface area contributed by atoms with Crippen LogP contribution >= 0.6 is 0 Å². The second-order valence-electron chi connectivity index (χ2n) is 6.13. The molecule has 0 radical (unpaired) electrons. The molecule has 0 spiro atoms. The Morgan fingerprint density at radius 1 is 1.05 bits per heavy atom. The molecule has 1 heterocycles. The van der Waals surface area contributed by atoms with Crippen LogP contribution in [0.4, 0.5) is 0 Å². The third-order valence-electron chi connectivity index (χ3n) is 3.16. The number of rotatable bonds is 6. The van der Waals surface area contributed by atoms with E-state index in [0.717, 1.165) is 13.1 Å². The van der Waals surface area contributed by atoms with E-state index in [-0.39, 0.29) is 0 Å². The fourth-order valence-electron chi connectivity index (χ4n) is 2.47. The van der Waals surface area contributed by atoms with Gasteiger partial charge in [-0.15, -0.1) is 0 Å². The van der Waals surface area contributed by atoms with Crippen LogP contribution in [0.3, 0.4) is 0 Å². The molecule has 0 unspecified atom stereocenters. The number of aryl methyl sites for hydroxylation is 1. The molecule has 1 aromatic heterocycles. The summed E-state index contributed by atoms with van der Waals surface area (Å²) in [5, 5.41) is 10.1. The van der Waals surface area contributed by atoms with Gasteiger partial charge in [0.25, 0.3) is 0 Å². The molecule has 2 rings (SSSR count). The third kappa shape index (κ3) is 4.83. The van der Waals surface area contributed by atoms with E-state index < -0.39 is 5.60 Å². The van der Waals surface area contributed by atoms with Gasteiger partial charge in [-0.25, -0.2) is 0 Å². The minimum atomic E-state index is -0.691. The van der Waals surface area contributed by atoms with Crippen LogP contribution in [0.5, 0.6) is 0 Å². The molecule has 0 atom stereocenters. The molecule has 0 saturated heterocycles. The first kappa shape index (κ1) is 14.8. The van der Waals surface area contributed by atoms with E-state index in [1.165, 1.54) is 11.1 Å². The van der Waals surface area contributed by atoms with Gasteiger partial charge < -0.3 is 9.67 Å². The van der Waals surface area contributed by atoms with E-state index in [0.29, 0.717) is 6.54 Å². The summed E-state index contributed by atoms with van der Waals surface area (Å²) in [5.41, 5.74) is 1.85. The zero-order valence-corrected chi connectivity index (χ0v) is 12.6. The van der Waals surface area contributed by atoms with Gasteiger partial charge in [-0.2, -0.15) is 0 Å². The van der Waals surface area contributed by atoms with Crippen molar-refractivity contribution in [3.63, 3.8) is 0 Å². The van der Waals surface area contributed by atoms with Crippen molar-refractivity contribution in [2.24, 2.45) is 7.05 Å². The quantitative estimate of drug-likeness (QED) is 0.876. The molecular formula is C17H24N2O. The zero-order chi connectivity index (χ0) is 14.6. The first-order chi connectivity index (χ1) is 9.42. The van der Waals surface area contributed by atoms with Crippen molar-refractivity contribution >= 4 is 0 Å². The van der Waals surface area contributed by atoms with Crippen molar-refractivity contribution in [3.8, 4) is 0 Å². The van der Waals surface area contributed by atoms with Gasteiger partial charge in [0.1, 0.15) is 0 Å². The molecule has 108 valence electrons. The van der Waals surface area contributed by atoms with Gasteiger partial charge in [0.2, 0.25) is 0 Å². The summed E-state index contributed by atoms with van der Waals surface area (Å²) < 4.78 is 2.06. The average molecular weight is 272 g/mol. The molecule has 1 aromatic carbocycles. The van der Waals surface area contributed by atoms with Crippen LogP contribution in [0.15, 0.2) is 48.8 Å². The summed E-state index contributed by atoms with van der Waals surface area (Å²) >= 11 is 0. The highest BCUT2D eigenvalue weighted by Crippen LogP contribution is 2.14. The van der Waals surface area contributed by atoms with Gasteiger partial charge in [0.05, 0.1) is 5.60 Å². The first-order valence-corrected chi connectivity index (χ1v) is 7.02. The maximum Gasteiger partial charge on any atom is 0.0718 e. The van der Waals surface area contributed by atoms with E-state index in [1.807, 2.05) is 27.0 Å². The van der Waals surface area contributed by atoms with Crippen LogP contribution in [0, 0.1) is 0 Å². The molecule has 0 aliphatic rings. The van der Waals surface area contributed by atoms with Crippen molar-refractivity contribution in [3.05, 3.63) is 59.9 Å². The Labute approximate surface area is 121 Å². The molecular weight excluding hydrogens is 248 g/mol. The maximum atomic E-state index is 10.1. The standard InChI is InChI=1S/C17H24N2O/c1-17(2,20)14-19(12-15-7-5-4-6-8-15)13-16-9-10-18(3)11-16/h4-11,20H,12-14H2,1-3H3. The molecule has 0 amide bonds. The Morgan fingerprint density at radius 2 is 1.70 bits per heavy atom. The van der Waals surface area contributed by atoms with E-state index in [1.54, 1.807) is 0 Å². The highest BCUT2D eigenvalue weighted by Gasteiger charge is 2.19. The molecule has 20 heavy (non-hydrogen) atoms. The lowest BCUT2D eigenvalue weighted by molar-refractivity contribution is 0.0307. The summed E-state index contributed by atoms with van der Waals surface area (Å²) in [5.74, 6) is 0. The predicted octanol–water partition coefficient (Wildman–Crippen LogP) is 2.80.